The molecule has 1 fully saturated rings. The maximum Gasteiger partial charge on any atom is 0.272 e. The summed E-state index contributed by atoms with van der Waals surface area (Å²) >= 11 is 6.48. The number of ether oxygens (including phenoxy) is 2. The van der Waals surface area contributed by atoms with Gasteiger partial charge < -0.3 is 20.1 Å². The Labute approximate surface area is 246 Å². The Morgan fingerprint density at radius 2 is 2.05 bits per heavy atom. The molecule has 3 heterocycles. The Morgan fingerprint density at radius 3 is 2.79 bits per heavy atom. The number of likely N-dealkylation sites (tertiary alicyclic amines) is 1. The van der Waals surface area contributed by atoms with Gasteiger partial charge in [-0.25, -0.2) is 18.7 Å². The number of fused-ring (bicyclic) bond motifs is 1. The van der Waals surface area contributed by atoms with Crippen molar-refractivity contribution in [3.05, 3.63) is 83.9 Å². The van der Waals surface area contributed by atoms with Gasteiger partial charge in [0, 0.05) is 24.0 Å². The third-order valence-electron chi connectivity index (χ3n) is 6.71. The Balaban J connectivity index is 1.40. The van der Waals surface area contributed by atoms with Crippen LogP contribution in [0, 0.1) is 0 Å². The summed E-state index contributed by atoms with van der Waals surface area (Å²) < 4.78 is 37.8. The monoisotopic (exact) mass is 594 g/mol. The average Bonchev–Trinajstić information content (AvgIpc) is 3.40. The Morgan fingerprint density at radius 1 is 1.17 bits per heavy atom. The molecule has 1 saturated heterocycles. The molecule has 4 aromatic rings. The third-order valence-corrected chi connectivity index (χ3v) is 7.01. The molecule has 0 saturated carbocycles. The van der Waals surface area contributed by atoms with Crippen LogP contribution in [0.3, 0.4) is 0 Å². The van der Waals surface area contributed by atoms with E-state index in [1.54, 1.807) is 36.5 Å². The summed E-state index contributed by atoms with van der Waals surface area (Å²) in [7, 11) is 2.00. The molecule has 9 nitrogen and oxygen atoms in total. The highest BCUT2D eigenvalue weighted by Crippen LogP contribution is 2.39. The van der Waals surface area contributed by atoms with Crippen LogP contribution in [0.5, 0.6) is 11.5 Å². The Hall–Kier alpha value is -4.35. The number of hydrogen-bond acceptors (Lipinski definition) is 8. The molecule has 0 spiro atoms. The molecule has 1 amide bonds. The van der Waals surface area contributed by atoms with Gasteiger partial charge in [-0.3, -0.25) is 14.7 Å². The van der Waals surface area contributed by atoms with Crippen molar-refractivity contribution in [2.45, 2.75) is 31.9 Å². The number of alkyl halides is 2. The molecule has 5 rings (SSSR count). The standard InChI is InChI=1S/C30H29ClF2N6O3/c1-39-14-4-6-21(39)8-12-27(40)38-24-10-9-23-28(29(24)42-17-26(32)33)30(36-18-35-23)37-19-7-11-25(22(31)15-19)41-16-20-5-2-3-13-34-20/h2-3,5,7-13,15,18,21,26H,4,6,14,16-17H2,1H3,(H,38,40)(H,35,36,37)/b12-8+/t21-/m1/s1. The first-order valence-electron chi connectivity index (χ1n) is 13.3. The van der Waals surface area contributed by atoms with Gasteiger partial charge in [0.05, 0.1) is 27.3 Å². The first-order chi connectivity index (χ1) is 20.4. The zero-order valence-corrected chi connectivity index (χ0v) is 23.5. The first kappa shape index (κ1) is 29.2. The highest BCUT2D eigenvalue weighted by molar-refractivity contribution is 6.32. The number of carbonyl (C=O) groups excluding carboxylic acids is 1. The van der Waals surface area contributed by atoms with Gasteiger partial charge in [0.25, 0.3) is 6.43 Å². The number of nitrogens with one attached hydrogen (secondary N) is 2. The average molecular weight is 595 g/mol. The summed E-state index contributed by atoms with van der Waals surface area (Å²) in [4.78, 5) is 27.8. The third kappa shape index (κ3) is 7.29. The molecule has 0 bridgehead atoms. The van der Waals surface area contributed by atoms with Crippen LogP contribution in [0.15, 0.2) is 73.2 Å². The van der Waals surface area contributed by atoms with E-state index in [-0.39, 0.29) is 29.9 Å². The molecule has 2 aromatic heterocycles. The number of rotatable bonds is 11. The summed E-state index contributed by atoms with van der Waals surface area (Å²) in [6.07, 6.45) is 5.60. The molecular weight excluding hydrogens is 566 g/mol. The molecule has 2 N–H and O–H groups in total. The number of aromatic nitrogens is 3. The number of hydrogen-bond donors (Lipinski definition) is 2. The highest BCUT2D eigenvalue weighted by Gasteiger charge is 2.20. The van der Waals surface area contributed by atoms with E-state index in [0.29, 0.717) is 27.4 Å². The van der Waals surface area contributed by atoms with E-state index in [1.807, 2.05) is 31.3 Å². The molecule has 2 aromatic carbocycles. The van der Waals surface area contributed by atoms with E-state index in [0.717, 1.165) is 25.1 Å². The maximum absolute atomic E-state index is 13.2. The molecule has 12 heteroatoms. The van der Waals surface area contributed by atoms with Gasteiger partial charge in [-0.2, -0.15) is 0 Å². The molecule has 1 atom stereocenters. The van der Waals surface area contributed by atoms with Gasteiger partial charge in [-0.1, -0.05) is 23.7 Å². The number of benzene rings is 2. The van der Waals surface area contributed by atoms with E-state index in [4.69, 9.17) is 21.1 Å². The van der Waals surface area contributed by atoms with Crippen LogP contribution >= 0.6 is 11.6 Å². The predicted octanol–water partition coefficient (Wildman–Crippen LogP) is 6.23. The molecular formula is C30H29ClF2N6O3. The van der Waals surface area contributed by atoms with Crippen LogP contribution in [0.2, 0.25) is 5.02 Å². The van der Waals surface area contributed by atoms with Crippen molar-refractivity contribution < 1.29 is 23.0 Å². The van der Waals surface area contributed by atoms with Gasteiger partial charge in [0.2, 0.25) is 5.91 Å². The van der Waals surface area contributed by atoms with Crippen LogP contribution < -0.4 is 20.1 Å². The van der Waals surface area contributed by atoms with Gasteiger partial charge in [0.15, 0.2) is 5.75 Å². The van der Waals surface area contributed by atoms with E-state index in [9.17, 15) is 13.6 Å². The van der Waals surface area contributed by atoms with E-state index in [2.05, 4.69) is 30.5 Å². The number of anilines is 3. The minimum atomic E-state index is -2.74. The van der Waals surface area contributed by atoms with Crippen LogP contribution in [0.4, 0.5) is 26.0 Å². The number of likely N-dealkylation sites (N-methyl/N-ethyl adjacent to an activating group) is 1. The topological polar surface area (TPSA) is 102 Å². The fourth-order valence-electron chi connectivity index (χ4n) is 4.63. The van der Waals surface area contributed by atoms with Gasteiger partial charge in [0.1, 0.15) is 31.1 Å². The lowest BCUT2D eigenvalue weighted by Gasteiger charge is -2.17. The van der Waals surface area contributed by atoms with Crippen molar-refractivity contribution in [2.75, 3.05) is 30.8 Å². The van der Waals surface area contributed by atoms with Crippen molar-refractivity contribution in [3.63, 3.8) is 0 Å². The normalized spacial score (nSPS) is 15.4. The minimum Gasteiger partial charge on any atom is -0.486 e. The van der Waals surface area contributed by atoms with Crippen LogP contribution in [0.1, 0.15) is 18.5 Å². The largest absolute Gasteiger partial charge is 0.486 e. The minimum absolute atomic E-state index is 0.0250. The summed E-state index contributed by atoms with van der Waals surface area (Å²) in [5, 5.41) is 6.59. The van der Waals surface area contributed by atoms with Crippen molar-refractivity contribution in [3.8, 4) is 11.5 Å². The molecule has 0 aliphatic carbocycles. The Bertz CT molecular complexity index is 1570. The molecule has 218 valence electrons. The van der Waals surface area contributed by atoms with Crippen LogP contribution in [0.25, 0.3) is 10.9 Å². The summed E-state index contributed by atoms with van der Waals surface area (Å²) in [5.41, 5.74) is 1.96. The second-order valence-corrected chi connectivity index (χ2v) is 10.1. The maximum atomic E-state index is 13.2. The molecule has 0 radical (unpaired) electrons. The van der Waals surface area contributed by atoms with Gasteiger partial charge in [-0.05, 0) is 68.9 Å². The summed E-state index contributed by atoms with van der Waals surface area (Å²) in [6, 6.07) is 14.0. The molecule has 42 heavy (non-hydrogen) atoms. The van der Waals surface area contributed by atoms with Crippen molar-refractivity contribution in [1.29, 1.82) is 0 Å². The molecule has 1 aliphatic heterocycles. The number of nitrogens with zero attached hydrogens (tertiary/aromatic N) is 4. The lowest BCUT2D eigenvalue weighted by atomic mass is 10.1. The quantitative estimate of drug-likeness (QED) is 0.197. The lowest BCUT2D eigenvalue weighted by molar-refractivity contribution is -0.112. The van der Waals surface area contributed by atoms with E-state index < -0.39 is 18.9 Å². The smallest absolute Gasteiger partial charge is 0.272 e. The van der Waals surface area contributed by atoms with Gasteiger partial charge >= 0.3 is 0 Å². The van der Waals surface area contributed by atoms with E-state index >= 15 is 0 Å². The second kappa shape index (κ2) is 13.5. The zero-order chi connectivity index (χ0) is 29.5. The van der Waals surface area contributed by atoms with Crippen molar-refractivity contribution in [2.24, 2.45) is 0 Å². The SMILES string of the molecule is CN1CCC[C@@H]1/C=C/C(=O)Nc1ccc2ncnc(Nc3ccc(OCc4ccccn4)c(Cl)c3)c2c1OCC(F)F. The molecule has 1 aliphatic rings. The van der Waals surface area contributed by atoms with E-state index in [1.165, 1.54) is 12.4 Å². The number of amides is 1. The second-order valence-electron chi connectivity index (χ2n) is 9.68. The van der Waals surface area contributed by atoms with Crippen molar-refractivity contribution >= 4 is 45.6 Å². The number of carbonyl (C=O) groups is 1. The zero-order valence-electron chi connectivity index (χ0n) is 22.8. The molecule has 0 unspecified atom stereocenters. The fraction of sp³-hybridized carbons (Fsp3) is 0.267. The van der Waals surface area contributed by atoms with Crippen molar-refractivity contribution in [1.82, 2.24) is 19.9 Å². The first-order valence-corrected chi connectivity index (χ1v) is 13.7. The number of halogens is 3. The Kier molecular flexibility index (Phi) is 9.40. The van der Waals surface area contributed by atoms with Crippen LogP contribution in [-0.4, -0.2) is 58.4 Å². The van der Waals surface area contributed by atoms with Crippen LogP contribution in [-0.2, 0) is 11.4 Å². The highest BCUT2D eigenvalue weighted by atomic mass is 35.5. The predicted molar refractivity (Wildman–Crippen MR) is 158 cm³/mol. The fourth-order valence-corrected chi connectivity index (χ4v) is 4.87. The summed E-state index contributed by atoms with van der Waals surface area (Å²) in [6.45, 7) is 0.331. The van der Waals surface area contributed by atoms with Gasteiger partial charge in [-0.15, -0.1) is 0 Å². The number of pyridine rings is 1. The lowest BCUT2D eigenvalue weighted by Crippen LogP contribution is -2.23. The summed E-state index contributed by atoms with van der Waals surface area (Å²) in [5.74, 6) is 0.359.